The predicted octanol–water partition coefficient (Wildman–Crippen LogP) is 2.23. The predicted molar refractivity (Wildman–Crippen MR) is 72.2 cm³/mol. The second-order valence-corrected chi connectivity index (χ2v) is 4.71. The number of nitrogens with one attached hydrogen (secondary N) is 1. The van der Waals surface area contributed by atoms with Gasteiger partial charge in [0.2, 0.25) is 0 Å². The molecule has 0 heterocycles. The first-order valence-corrected chi connectivity index (χ1v) is 6.51. The minimum atomic E-state index is -0.837. The lowest BCUT2D eigenvalue weighted by Crippen LogP contribution is -2.41. The average molecular weight is 262 g/mol. The van der Waals surface area contributed by atoms with Crippen LogP contribution in [-0.4, -0.2) is 29.7 Å². The normalized spacial score (nSPS) is 13.9. The zero-order chi connectivity index (χ0) is 13.7. The number of anilines is 1. The van der Waals surface area contributed by atoms with Crippen molar-refractivity contribution in [1.29, 1.82) is 0 Å². The highest BCUT2D eigenvalue weighted by Gasteiger charge is 2.26. The highest BCUT2D eigenvalue weighted by atomic mass is 16.4. The van der Waals surface area contributed by atoms with Crippen LogP contribution >= 0.6 is 0 Å². The van der Waals surface area contributed by atoms with Crippen LogP contribution in [0, 0.1) is 0 Å². The number of aliphatic carboxylic acids is 1. The summed E-state index contributed by atoms with van der Waals surface area (Å²) in [6.45, 7) is 0.412. The Bertz CT molecular complexity index is 443. The van der Waals surface area contributed by atoms with Crippen molar-refractivity contribution < 1.29 is 14.7 Å². The van der Waals surface area contributed by atoms with Gasteiger partial charge in [-0.2, -0.15) is 0 Å². The van der Waals surface area contributed by atoms with Crippen LogP contribution in [-0.2, 0) is 4.79 Å². The fourth-order valence-corrected chi connectivity index (χ4v) is 1.82. The number of amides is 2. The molecule has 0 aliphatic heterocycles. The largest absolute Gasteiger partial charge is 0.481 e. The van der Waals surface area contributed by atoms with Gasteiger partial charge in [0.25, 0.3) is 0 Å². The van der Waals surface area contributed by atoms with Crippen molar-refractivity contribution in [2.24, 2.45) is 0 Å². The number of para-hydroxylation sites is 1. The van der Waals surface area contributed by atoms with Crippen molar-refractivity contribution in [1.82, 2.24) is 5.32 Å². The zero-order valence-corrected chi connectivity index (χ0v) is 10.7. The Labute approximate surface area is 112 Å². The summed E-state index contributed by atoms with van der Waals surface area (Å²) >= 11 is 0. The lowest BCUT2D eigenvalue weighted by molar-refractivity contribution is -0.137. The number of carboxylic acid groups (broad SMARTS) is 1. The van der Waals surface area contributed by atoms with Crippen LogP contribution in [0.1, 0.15) is 25.7 Å². The van der Waals surface area contributed by atoms with Gasteiger partial charge < -0.3 is 10.4 Å². The number of nitrogens with zero attached hydrogens (tertiary/aromatic N) is 1. The molecule has 0 atom stereocenters. The van der Waals surface area contributed by atoms with Gasteiger partial charge >= 0.3 is 12.0 Å². The van der Waals surface area contributed by atoms with E-state index in [0.29, 0.717) is 13.0 Å². The number of carbonyl (C=O) groups is 2. The zero-order valence-electron chi connectivity index (χ0n) is 10.7. The SMILES string of the molecule is O=C(O)CCCN(C(=O)NC1CC1)c1ccccc1. The molecule has 102 valence electrons. The summed E-state index contributed by atoms with van der Waals surface area (Å²) in [7, 11) is 0. The first kappa shape index (κ1) is 13.4. The van der Waals surface area contributed by atoms with E-state index in [1.807, 2.05) is 30.3 Å². The van der Waals surface area contributed by atoms with E-state index in [2.05, 4.69) is 5.32 Å². The van der Waals surface area contributed by atoms with Crippen LogP contribution in [0.25, 0.3) is 0 Å². The first-order valence-electron chi connectivity index (χ1n) is 6.51. The molecule has 5 heteroatoms. The quantitative estimate of drug-likeness (QED) is 0.826. The van der Waals surface area contributed by atoms with Gasteiger partial charge in [0, 0.05) is 24.7 Å². The molecule has 2 N–H and O–H groups in total. The van der Waals surface area contributed by atoms with Crippen LogP contribution < -0.4 is 10.2 Å². The van der Waals surface area contributed by atoms with Crippen LogP contribution in [0.2, 0.25) is 0 Å². The van der Waals surface area contributed by atoms with E-state index in [1.54, 1.807) is 4.90 Å². The van der Waals surface area contributed by atoms with E-state index in [1.165, 1.54) is 0 Å². The Kier molecular flexibility index (Phi) is 4.39. The monoisotopic (exact) mass is 262 g/mol. The fraction of sp³-hybridized carbons (Fsp3) is 0.429. The molecular weight excluding hydrogens is 244 g/mol. The molecular formula is C14H18N2O3. The van der Waals surface area contributed by atoms with Crippen molar-refractivity contribution in [3.05, 3.63) is 30.3 Å². The van der Waals surface area contributed by atoms with E-state index in [0.717, 1.165) is 18.5 Å². The first-order chi connectivity index (χ1) is 9.16. The van der Waals surface area contributed by atoms with Crippen molar-refractivity contribution in [3.8, 4) is 0 Å². The molecule has 0 saturated heterocycles. The van der Waals surface area contributed by atoms with Crippen LogP contribution in [0.3, 0.4) is 0 Å². The molecule has 1 aromatic carbocycles. The number of urea groups is 1. The lowest BCUT2D eigenvalue weighted by Gasteiger charge is -2.23. The number of hydrogen-bond acceptors (Lipinski definition) is 2. The second-order valence-electron chi connectivity index (χ2n) is 4.71. The maximum absolute atomic E-state index is 12.1. The van der Waals surface area contributed by atoms with Gasteiger partial charge in [-0.3, -0.25) is 9.69 Å². The van der Waals surface area contributed by atoms with E-state index in [-0.39, 0.29) is 18.5 Å². The van der Waals surface area contributed by atoms with Crippen LogP contribution in [0.5, 0.6) is 0 Å². The molecule has 19 heavy (non-hydrogen) atoms. The summed E-state index contributed by atoms with van der Waals surface area (Å²) in [6, 6.07) is 9.48. The Hall–Kier alpha value is -2.04. The molecule has 0 radical (unpaired) electrons. The Morgan fingerprint density at radius 3 is 2.53 bits per heavy atom. The fourth-order valence-electron chi connectivity index (χ4n) is 1.82. The third-order valence-electron chi connectivity index (χ3n) is 2.99. The molecule has 1 saturated carbocycles. The third kappa shape index (κ3) is 4.28. The van der Waals surface area contributed by atoms with Gasteiger partial charge in [-0.15, -0.1) is 0 Å². The molecule has 0 unspecified atom stereocenters. The van der Waals surface area contributed by atoms with E-state index in [9.17, 15) is 9.59 Å². The second kappa shape index (κ2) is 6.22. The summed E-state index contributed by atoms with van der Waals surface area (Å²) in [4.78, 5) is 24.3. The minimum Gasteiger partial charge on any atom is -0.481 e. The molecule has 0 bridgehead atoms. The summed E-state index contributed by atoms with van der Waals surface area (Å²) in [5.41, 5.74) is 0.797. The number of hydrogen-bond donors (Lipinski definition) is 2. The molecule has 1 aliphatic rings. The molecule has 1 fully saturated rings. The minimum absolute atomic E-state index is 0.0695. The Balaban J connectivity index is 1.99. The van der Waals surface area contributed by atoms with Crippen molar-refractivity contribution in [3.63, 3.8) is 0 Å². The van der Waals surface area contributed by atoms with Crippen molar-refractivity contribution in [2.75, 3.05) is 11.4 Å². The number of benzene rings is 1. The molecule has 5 nitrogen and oxygen atoms in total. The molecule has 0 aromatic heterocycles. The standard InChI is InChI=1S/C14H18N2O3/c17-13(18)7-4-10-16(12-5-2-1-3-6-12)14(19)15-11-8-9-11/h1-3,5-6,11H,4,7-10H2,(H,15,19)(H,17,18). The molecule has 1 aliphatic carbocycles. The van der Waals surface area contributed by atoms with Crippen molar-refractivity contribution >= 4 is 17.7 Å². The molecule has 0 spiro atoms. The number of carbonyl (C=O) groups excluding carboxylic acids is 1. The van der Waals surface area contributed by atoms with E-state index < -0.39 is 5.97 Å². The summed E-state index contributed by atoms with van der Waals surface area (Å²) < 4.78 is 0. The van der Waals surface area contributed by atoms with Crippen molar-refractivity contribution in [2.45, 2.75) is 31.7 Å². The van der Waals surface area contributed by atoms with Gasteiger partial charge in [-0.1, -0.05) is 18.2 Å². The van der Waals surface area contributed by atoms with E-state index in [4.69, 9.17) is 5.11 Å². The van der Waals surface area contributed by atoms with Gasteiger partial charge in [0.1, 0.15) is 0 Å². The maximum Gasteiger partial charge on any atom is 0.322 e. The summed E-state index contributed by atoms with van der Waals surface area (Å²) in [6.07, 6.45) is 2.58. The summed E-state index contributed by atoms with van der Waals surface area (Å²) in [5.74, 6) is -0.837. The highest BCUT2D eigenvalue weighted by Crippen LogP contribution is 2.21. The Morgan fingerprint density at radius 1 is 1.26 bits per heavy atom. The van der Waals surface area contributed by atoms with Gasteiger partial charge in [-0.05, 0) is 31.4 Å². The highest BCUT2D eigenvalue weighted by molar-refractivity contribution is 5.92. The van der Waals surface area contributed by atoms with Gasteiger partial charge in [0.05, 0.1) is 0 Å². The number of carboxylic acids is 1. The van der Waals surface area contributed by atoms with E-state index >= 15 is 0 Å². The maximum atomic E-state index is 12.1. The smallest absolute Gasteiger partial charge is 0.322 e. The lowest BCUT2D eigenvalue weighted by atomic mass is 10.2. The Morgan fingerprint density at radius 2 is 1.95 bits per heavy atom. The van der Waals surface area contributed by atoms with Crippen LogP contribution in [0.4, 0.5) is 10.5 Å². The topological polar surface area (TPSA) is 69.6 Å². The summed E-state index contributed by atoms with van der Waals surface area (Å²) in [5, 5.41) is 11.6. The van der Waals surface area contributed by atoms with Gasteiger partial charge in [0.15, 0.2) is 0 Å². The number of rotatable bonds is 6. The average Bonchev–Trinajstić information content (AvgIpc) is 3.19. The van der Waals surface area contributed by atoms with Gasteiger partial charge in [-0.25, -0.2) is 4.79 Å². The molecule has 2 amide bonds. The van der Waals surface area contributed by atoms with Crippen LogP contribution in [0.15, 0.2) is 30.3 Å². The molecule has 1 aromatic rings. The molecule has 2 rings (SSSR count). The third-order valence-corrected chi connectivity index (χ3v) is 2.99.